The number of aromatic nitrogens is 1. The molecule has 1 aromatic heterocycles. The Hall–Kier alpha value is -1.61. The molecule has 0 spiro atoms. The summed E-state index contributed by atoms with van der Waals surface area (Å²) in [7, 11) is 0. The minimum atomic E-state index is 0.134. The van der Waals surface area contributed by atoms with E-state index in [0.29, 0.717) is 12.1 Å². The zero-order valence-corrected chi connectivity index (χ0v) is 8.98. The topological polar surface area (TPSA) is 59.1 Å². The first-order chi connectivity index (χ1) is 7.77. The van der Waals surface area contributed by atoms with Gasteiger partial charge < -0.3 is 10.8 Å². The number of hydrogen-bond donors (Lipinski definition) is 2. The molecule has 0 saturated heterocycles. The molecule has 82 valence electrons. The monoisotopic (exact) mass is 214 g/mol. The largest absolute Gasteiger partial charge is 0.506 e. The molecule has 3 heteroatoms. The molecule has 1 heterocycles. The molecular formula is C13H14N2O. The lowest BCUT2D eigenvalue weighted by molar-refractivity contribution is 0.480. The third-order valence-corrected chi connectivity index (χ3v) is 3.56. The summed E-state index contributed by atoms with van der Waals surface area (Å²) in [4.78, 5) is 4.23. The van der Waals surface area contributed by atoms with Crippen LogP contribution in [0.15, 0.2) is 30.5 Å². The first kappa shape index (κ1) is 9.60. The Kier molecular flexibility index (Phi) is 1.91. The van der Waals surface area contributed by atoms with Crippen molar-refractivity contribution in [3.8, 4) is 5.75 Å². The predicted molar refractivity (Wildman–Crippen MR) is 63.4 cm³/mol. The number of phenols is 1. The van der Waals surface area contributed by atoms with Crippen molar-refractivity contribution in [2.45, 2.75) is 18.3 Å². The minimum Gasteiger partial charge on any atom is -0.506 e. The van der Waals surface area contributed by atoms with Gasteiger partial charge in [-0.15, -0.1) is 0 Å². The highest BCUT2D eigenvalue weighted by molar-refractivity contribution is 5.88. The van der Waals surface area contributed by atoms with E-state index in [0.717, 1.165) is 18.2 Å². The van der Waals surface area contributed by atoms with Crippen molar-refractivity contribution in [1.29, 1.82) is 0 Å². The van der Waals surface area contributed by atoms with Crippen molar-refractivity contribution in [3.05, 3.63) is 36.0 Å². The maximum atomic E-state index is 9.76. The summed E-state index contributed by atoms with van der Waals surface area (Å²) in [5.74, 6) is 0.243. The number of aromatic hydroxyl groups is 1. The average molecular weight is 214 g/mol. The normalized spacial score (nSPS) is 17.6. The fourth-order valence-electron chi connectivity index (χ4n) is 2.35. The molecular weight excluding hydrogens is 200 g/mol. The fourth-order valence-corrected chi connectivity index (χ4v) is 2.35. The summed E-state index contributed by atoms with van der Waals surface area (Å²) in [5, 5.41) is 10.8. The molecule has 0 radical (unpaired) electrons. The number of rotatable bonds is 2. The first-order valence-electron chi connectivity index (χ1n) is 5.54. The Bertz CT molecular complexity index is 547. The Morgan fingerprint density at radius 2 is 2.12 bits per heavy atom. The highest BCUT2D eigenvalue weighted by atomic mass is 16.3. The van der Waals surface area contributed by atoms with Crippen LogP contribution in [0.1, 0.15) is 18.4 Å². The number of pyridine rings is 1. The molecule has 1 aliphatic carbocycles. The lowest BCUT2D eigenvalue weighted by atomic mass is 9.92. The zero-order valence-electron chi connectivity index (χ0n) is 8.98. The van der Waals surface area contributed by atoms with Gasteiger partial charge in [0, 0.05) is 23.5 Å². The quantitative estimate of drug-likeness (QED) is 0.803. The Labute approximate surface area is 93.9 Å². The van der Waals surface area contributed by atoms with E-state index in [1.54, 1.807) is 12.3 Å². The number of hydrogen-bond acceptors (Lipinski definition) is 3. The summed E-state index contributed by atoms with van der Waals surface area (Å²) in [5.41, 5.74) is 7.89. The first-order valence-corrected chi connectivity index (χ1v) is 5.54. The van der Waals surface area contributed by atoms with Crippen molar-refractivity contribution in [3.63, 3.8) is 0 Å². The van der Waals surface area contributed by atoms with Crippen molar-refractivity contribution in [2.75, 3.05) is 6.54 Å². The van der Waals surface area contributed by atoms with Gasteiger partial charge in [0.1, 0.15) is 11.3 Å². The fraction of sp³-hybridized carbons (Fsp3) is 0.308. The molecule has 3 N–H and O–H groups in total. The highest BCUT2D eigenvalue weighted by Crippen LogP contribution is 2.49. The predicted octanol–water partition coefficient (Wildman–Crippen LogP) is 1.93. The van der Waals surface area contributed by atoms with E-state index in [-0.39, 0.29) is 11.2 Å². The third-order valence-electron chi connectivity index (χ3n) is 3.56. The smallest absolute Gasteiger partial charge is 0.141 e. The molecule has 1 saturated carbocycles. The van der Waals surface area contributed by atoms with Crippen LogP contribution in [0.25, 0.3) is 10.9 Å². The summed E-state index contributed by atoms with van der Waals surface area (Å²) in [6.07, 6.45) is 3.98. The average Bonchev–Trinajstić information content (AvgIpc) is 3.11. The lowest BCUT2D eigenvalue weighted by Crippen LogP contribution is -2.19. The molecule has 1 aliphatic rings. The van der Waals surface area contributed by atoms with E-state index < -0.39 is 0 Å². The number of nitrogens with two attached hydrogens (primary N) is 1. The summed E-state index contributed by atoms with van der Waals surface area (Å²) in [6, 6.07) is 7.62. The molecule has 0 amide bonds. The Morgan fingerprint density at radius 1 is 1.31 bits per heavy atom. The van der Waals surface area contributed by atoms with E-state index in [4.69, 9.17) is 5.73 Å². The summed E-state index contributed by atoms with van der Waals surface area (Å²) >= 11 is 0. The summed E-state index contributed by atoms with van der Waals surface area (Å²) in [6.45, 7) is 0.668. The van der Waals surface area contributed by atoms with E-state index in [1.807, 2.05) is 18.2 Å². The molecule has 16 heavy (non-hydrogen) atoms. The van der Waals surface area contributed by atoms with Crippen LogP contribution in [-0.2, 0) is 5.41 Å². The van der Waals surface area contributed by atoms with Gasteiger partial charge in [-0.05, 0) is 30.5 Å². The number of benzene rings is 1. The maximum absolute atomic E-state index is 9.76. The number of fused-ring (bicyclic) bond motifs is 1. The van der Waals surface area contributed by atoms with Gasteiger partial charge in [0.25, 0.3) is 0 Å². The summed E-state index contributed by atoms with van der Waals surface area (Å²) < 4.78 is 0. The SMILES string of the molecule is NCC1(c2ccc(O)c3ncccc23)CC1. The van der Waals surface area contributed by atoms with E-state index in [1.165, 1.54) is 5.56 Å². The van der Waals surface area contributed by atoms with E-state index in [9.17, 15) is 5.11 Å². The molecule has 0 bridgehead atoms. The van der Waals surface area contributed by atoms with Gasteiger partial charge in [0.2, 0.25) is 0 Å². The maximum Gasteiger partial charge on any atom is 0.141 e. The van der Waals surface area contributed by atoms with Gasteiger partial charge in [0.05, 0.1) is 0 Å². The van der Waals surface area contributed by atoms with Gasteiger partial charge in [-0.25, -0.2) is 0 Å². The van der Waals surface area contributed by atoms with Gasteiger partial charge in [-0.2, -0.15) is 0 Å². The standard InChI is InChI=1S/C13H14N2O/c14-8-13(5-6-13)10-3-4-11(16)12-9(10)2-1-7-15-12/h1-4,7,16H,5-6,8,14H2. The van der Waals surface area contributed by atoms with Gasteiger partial charge in [0.15, 0.2) is 0 Å². The van der Waals surface area contributed by atoms with Crippen molar-refractivity contribution in [2.24, 2.45) is 5.73 Å². The third kappa shape index (κ3) is 1.21. The number of phenolic OH excluding ortho intramolecular Hbond substituents is 1. The van der Waals surface area contributed by atoms with Gasteiger partial charge in [-0.3, -0.25) is 4.98 Å². The van der Waals surface area contributed by atoms with Crippen LogP contribution in [-0.4, -0.2) is 16.6 Å². The molecule has 0 aliphatic heterocycles. The highest BCUT2D eigenvalue weighted by Gasteiger charge is 2.43. The molecule has 3 rings (SSSR count). The van der Waals surface area contributed by atoms with Gasteiger partial charge in [-0.1, -0.05) is 12.1 Å². The van der Waals surface area contributed by atoms with Crippen LogP contribution < -0.4 is 5.73 Å². The van der Waals surface area contributed by atoms with Crippen LogP contribution in [0.3, 0.4) is 0 Å². The molecule has 2 aromatic rings. The minimum absolute atomic E-state index is 0.134. The van der Waals surface area contributed by atoms with Gasteiger partial charge >= 0.3 is 0 Å². The number of nitrogens with zero attached hydrogens (tertiary/aromatic N) is 1. The van der Waals surface area contributed by atoms with E-state index in [2.05, 4.69) is 4.98 Å². The Morgan fingerprint density at radius 3 is 2.81 bits per heavy atom. The van der Waals surface area contributed by atoms with E-state index >= 15 is 0 Å². The molecule has 1 aromatic carbocycles. The molecule has 3 nitrogen and oxygen atoms in total. The van der Waals surface area contributed by atoms with Crippen molar-refractivity contribution < 1.29 is 5.11 Å². The van der Waals surface area contributed by atoms with Crippen LogP contribution in [0, 0.1) is 0 Å². The van der Waals surface area contributed by atoms with Crippen LogP contribution >= 0.6 is 0 Å². The van der Waals surface area contributed by atoms with Crippen LogP contribution in [0.2, 0.25) is 0 Å². The van der Waals surface area contributed by atoms with Crippen molar-refractivity contribution >= 4 is 10.9 Å². The Balaban J connectivity index is 2.30. The lowest BCUT2D eigenvalue weighted by Gasteiger charge is -2.15. The molecule has 0 atom stereocenters. The van der Waals surface area contributed by atoms with Crippen LogP contribution in [0.5, 0.6) is 5.75 Å². The zero-order chi connectivity index (χ0) is 11.2. The molecule has 0 unspecified atom stereocenters. The molecule has 1 fully saturated rings. The van der Waals surface area contributed by atoms with Crippen LogP contribution in [0.4, 0.5) is 0 Å². The van der Waals surface area contributed by atoms with Crippen molar-refractivity contribution in [1.82, 2.24) is 4.98 Å². The second kappa shape index (κ2) is 3.19. The second-order valence-electron chi connectivity index (χ2n) is 4.52. The second-order valence-corrected chi connectivity index (χ2v) is 4.52.